The summed E-state index contributed by atoms with van der Waals surface area (Å²) in [5.41, 5.74) is 2.86. The summed E-state index contributed by atoms with van der Waals surface area (Å²) in [6.45, 7) is 6.43. The van der Waals surface area contributed by atoms with E-state index < -0.39 is 0 Å². The van der Waals surface area contributed by atoms with E-state index in [1.54, 1.807) is 6.07 Å². The van der Waals surface area contributed by atoms with Gasteiger partial charge in [-0.3, -0.25) is 4.79 Å². The third kappa shape index (κ3) is 5.34. The van der Waals surface area contributed by atoms with Gasteiger partial charge < -0.3 is 20.1 Å². The molecule has 0 saturated heterocycles. The Morgan fingerprint density at radius 3 is 2.68 bits per heavy atom. The molecule has 25 heavy (non-hydrogen) atoms. The summed E-state index contributed by atoms with van der Waals surface area (Å²) in [5.74, 6) is 0.0106. The van der Waals surface area contributed by atoms with Crippen LogP contribution in [0.4, 0.5) is 16.3 Å². The third-order valence-corrected chi connectivity index (χ3v) is 3.95. The Balaban J connectivity index is 2.03. The molecule has 134 valence electrons. The largest absolute Gasteiger partial charge is 0.363 e. The van der Waals surface area contributed by atoms with Gasteiger partial charge in [-0.2, -0.15) is 0 Å². The quantitative estimate of drug-likeness (QED) is 0.804. The Morgan fingerprint density at radius 2 is 2.00 bits per heavy atom. The zero-order valence-electron chi connectivity index (χ0n) is 14.8. The van der Waals surface area contributed by atoms with E-state index in [4.69, 9.17) is 0 Å². The highest BCUT2D eigenvalue weighted by Crippen LogP contribution is 2.18. The maximum Gasteiger partial charge on any atom is 0.322 e. The number of rotatable bonds is 7. The van der Waals surface area contributed by atoms with Gasteiger partial charge in [-0.25, -0.2) is 4.79 Å². The molecule has 2 aromatic rings. The zero-order chi connectivity index (χ0) is 18.2. The minimum Gasteiger partial charge on any atom is -0.363 e. The second kappa shape index (κ2) is 8.86. The summed E-state index contributed by atoms with van der Waals surface area (Å²) in [6, 6.07) is 6.99. The average molecular weight is 344 g/mol. The molecule has 1 aromatic carbocycles. The van der Waals surface area contributed by atoms with Crippen molar-refractivity contribution in [2.24, 2.45) is 0 Å². The van der Waals surface area contributed by atoms with Crippen molar-refractivity contribution in [2.45, 2.75) is 33.6 Å². The van der Waals surface area contributed by atoms with Crippen LogP contribution in [-0.4, -0.2) is 35.1 Å². The summed E-state index contributed by atoms with van der Waals surface area (Å²) in [5, 5.41) is 9.13. The number of aryl methyl sites for hydroxylation is 1. The van der Waals surface area contributed by atoms with Crippen molar-refractivity contribution in [3.63, 3.8) is 0 Å². The molecule has 0 aliphatic heterocycles. The Kier molecular flexibility index (Phi) is 6.56. The average Bonchev–Trinajstić information content (AvgIpc) is 3.08. The van der Waals surface area contributed by atoms with Crippen LogP contribution < -0.4 is 10.6 Å². The van der Waals surface area contributed by atoms with Crippen LogP contribution in [0.3, 0.4) is 0 Å². The van der Waals surface area contributed by atoms with Crippen LogP contribution in [0.15, 0.2) is 35.1 Å². The van der Waals surface area contributed by atoms with E-state index in [1.807, 2.05) is 39.0 Å². The lowest BCUT2D eigenvalue weighted by molar-refractivity contribution is -0.116. The number of urea groups is 1. The van der Waals surface area contributed by atoms with Gasteiger partial charge in [0.15, 0.2) is 5.82 Å². The predicted octanol–water partition coefficient (Wildman–Crippen LogP) is 3.56. The zero-order valence-corrected chi connectivity index (χ0v) is 14.8. The fourth-order valence-electron chi connectivity index (χ4n) is 2.31. The molecule has 0 aliphatic carbocycles. The lowest BCUT2D eigenvalue weighted by atomic mass is 10.1. The molecule has 3 amide bonds. The van der Waals surface area contributed by atoms with Crippen LogP contribution in [0, 0.1) is 13.8 Å². The van der Waals surface area contributed by atoms with E-state index in [1.165, 1.54) is 11.2 Å². The van der Waals surface area contributed by atoms with E-state index in [0.29, 0.717) is 12.4 Å². The normalized spacial score (nSPS) is 10.4. The minimum atomic E-state index is -0.318. The molecule has 0 fully saturated rings. The number of benzene rings is 1. The molecule has 2 N–H and O–H groups in total. The Hall–Kier alpha value is -2.83. The van der Waals surface area contributed by atoms with Gasteiger partial charge in [-0.1, -0.05) is 30.6 Å². The summed E-state index contributed by atoms with van der Waals surface area (Å²) >= 11 is 0. The van der Waals surface area contributed by atoms with Crippen molar-refractivity contribution in [3.8, 4) is 0 Å². The van der Waals surface area contributed by atoms with Gasteiger partial charge in [-0.15, -0.1) is 0 Å². The van der Waals surface area contributed by atoms with Gasteiger partial charge in [-0.05, 0) is 37.5 Å². The standard InChI is InChI=1S/C18H24N4O3/c1-4-5-10-22(12-17(23)20-16-9-11-25-21-16)18(24)19-15-8-6-7-13(2)14(15)3/h6-9,11H,4-5,10,12H2,1-3H3,(H,19,24)(H,20,21,23). The van der Waals surface area contributed by atoms with E-state index >= 15 is 0 Å². The highest BCUT2D eigenvalue weighted by atomic mass is 16.5. The molecule has 7 heteroatoms. The number of carbonyl (C=O) groups is 2. The van der Waals surface area contributed by atoms with Crippen molar-refractivity contribution >= 4 is 23.4 Å². The number of anilines is 2. The first-order valence-electron chi connectivity index (χ1n) is 8.33. The topological polar surface area (TPSA) is 87.5 Å². The molecular formula is C18H24N4O3. The second-order valence-electron chi connectivity index (χ2n) is 5.89. The van der Waals surface area contributed by atoms with Crippen molar-refractivity contribution in [3.05, 3.63) is 41.7 Å². The van der Waals surface area contributed by atoms with Gasteiger partial charge in [0.2, 0.25) is 5.91 Å². The van der Waals surface area contributed by atoms with E-state index in [-0.39, 0.29) is 18.5 Å². The molecule has 0 radical (unpaired) electrons. The van der Waals surface area contributed by atoms with Gasteiger partial charge in [0.25, 0.3) is 0 Å². The summed E-state index contributed by atoms with van der Waals surface area (Å²) < 4.78 is 4.68. The van der Waals surface area contributed by atoms with Crippen molar-refractivity contribution in [2.75, 3.05) is 23.7 Å². The molecular weight excluding hydrogens is 320 g/mol. The number of nitrogens with one attached hydrogen (secondary N) is 2. The van der Waals surface area contributed by atoms with Crippen molar-refractivity contribution < 1.29 is 14.1 Å². The molecule has 2 rings (SSSR count). The summed E-state index contributed by atoms with van der Waals surface area (Å²) in [7, 11) is 0. The molecule has 0 atom stereocenters. The van der Waals surface area contributed by atoms with Gasteiger partial charge >= 0.3 is 6.03 Å². The number of nitrogens with zero attached hydrogens (tertiary/aromatic N) is 2. The number of hydrogen-bond acceptors (Lipinski definition) is 4. The Labute approximate surface area is 147 Å². The van der Waals surface area contributed by atoms with Crippen LogP contribution in [-0.2, 0) is 4.79 Å². The number of aromatic nitrogens is 1. The van der Waals surface area contributed by atoms with Gasteiger partial charge in [0.1, 0.15) is 12.8 Å². The monoisotopic (exact) mass is 344 g/mol. The van der Waals surface area contributed by atoms with Crippen LogP contribution in [0.1, 0.15) is 30.9 Å². The van der Waals surface area contributed by atoms with E-state index in [9.17, 15) is 9.59 Å². The SMILES string of the molecule is CCCCN(CC(=O)Nc1ccon1)C(=O)Nc1cccc(C)c1C. The summed E-state index contributed by atoms with van der Waals surface area (Å²) in [4.78, 5) is 26.3. The third-order valence-electron chi connectivity index (χ3n) is 3.95. The highest BCUT2D eigenvalue weighted by Gasteiger charge is 2.18. The predicted molar refractivity (Wildman–Crippen MR) is 96.5 cm³/mol. The van der Waals surface area contributed by atoms with Crippen LogP contribution in [0.25, 0.3) is 0 Å². The molecule has 7 nitrogen and oxygen atoms in total. The van der Waals surface area contributed by atoms with E-state index in [0.717, 1.165) is 29.7 Å². The fraction of sp³-hybridized carbons (Fsp3) is 0.389. The lowest BCUT2D eigenvalue weighted by Gasteiger charge is -2.23. The first-order chi connectivity index (χ1) is 12.0. The smallest absolute Gasteiger partial charge is 0.322 e. The summed E-state index contributed by atoms with van der Waals surface area (Å²) in [6.07, 6.45) is 3.12. The molecule has 0 unspecified atom stereocenters. The molecule has 0 spiro atoms. The molecule has 1 aromatic heterocycles. The van der Waals surface area contributed by atoms with E-state index in [2.05, 4.69) is 20.3 Å². The number of amides is 3. The fourth-order valence-corrected chi connectivity index (χ4v) is 2.31. The maximum atomic E-state index is 12.6. The second-order valence-corrected chi connectivity index (χ2v) is 5.89. The Bertz CT molecular complexity index is 713. The molecule has 0 bridgehead atoms. The van der Waals surface area contributed by atoms with Crippen LogP contribution in [0.5, 0.6) is 0 Å². The van der Waals surface area contributed by atoms with Crippen molar-refractivity contribution in [1.29, 1.82) is 0 Å². The maximum absolute atomic E-state index is 12.6. The van der Waals surface area contributed by atoms with Crippen LogP contribution in [0.2, 0.25) is 0 Å². The first kappa shape index (κ1) is 18.5. The minimum absolute atomic E-state index is 0.0520. The number of hydrogen-bond donors (Lipinski definition) is 2. The molecule has 1 heterocycles. The highest BCUT2D eigenvalue weighted by molar-refractivity contribution is 5.96. The number of carbonyl (C=O) groups excluding carboxylic acids is 2. The van der Waals surface area contributed by atoms with Gasteiger partial charge in [0, 0.05) is 18.3 Å². The molecule has 0 saturated carbocycles. The van der Waals surface area contributed by atoms with Gasteiger partial charge in [0.05, 0.1) is 0 Å². The first-order valence-corrected chi connectivity index (χ1v) is 8.33. The lowest BCUT2D eigenvalue weighted by Crippen LogP contribution is -2.41. The number of unbranched alkanes of at least 4 members (excludes halogenated alkanes) is 1. The Morgan fingerprint density at radius 1 is 1.20 bits per heavy atom. The molecule has 0 aliphatic rings. The van der Waals surface area contributed by atoms with Crippen LogP contribution >= 0.6 is 0 Å². The van der Waals surface area contributed by atoms with Crippen molar-refractivity contribution in [1.82, 2.24) is 10.1 Å².